The summed E-state index contributed by atoms with van der Waals surface area (Å²) >= 11 is 0. The van der Waals surface area contributed by atoms with Crippen LogP contribution in [0, 0.1) is 0 Å². The molecule has 1 amide bonds. The molecule has 0 aromatic heterocycles. The average molecular weight is 424 g/mol. The van der Waals surface area contributed by atoms with Gasteiger partial charge in [-0.05, 0) is 37.1 Å². The largest absolute Gasteiger partial charge is 0.493 e. The highest BCUT2D eigenvalue weighted by atomic mass is 16.5. The summed E-state index contributed by atoms with van der Waals surface area (Å²) in [6.45, 7) is -0.302. The summed E-state index contributed by atoms with van der Waals surface area (Å²) in [5, 5.41) is 0. The molecule has 2 aromatic rings. The van der Waals surface area contributed by atoms with Crippen molar-refractivity contribution in [1.82, 2.24) is 0 Å². The van der Waals surface area contributed by atoms with Gasteiger partial charge in [0.25, 0.3) is 5.91 Å². The highest BCUT2D eigenvalue weighted by Crippen LogP contribution is 2.31. The van der Waals surface area contributed by atoms with Crippen molar-refractivity contribution in [3.63, 3.8) is 0 Å². The van der Waals surface area contributed by atoms with E-state index < -0.39 is 5.97 Å². The zero-order chi connectivity index (χ0) is 22.1. The molecule has 164 valence electrons. The average Bonchev–Trinajstić information content (AvgIpc) is 2.82. The van der Waals surface area contributed by atoms with Crippen LogP contribution < -0.4 is 14.4 Å². The van der Waals surface area contributed by atoms with Crippen molar-refractivity contribution in [2.75, 3.05) is 25.7 Å². The number of carbonyl (C=O) groups is 2. The molecule has 2 aromatic carbocycles. The van der Waals surface area contributed by atoms with E-state index in [1.165, 1.54) is 19.6 Å². The van der Waals surface area contributed by atoms with Crippen LogP contribution in [0.1, 0.15) is 37.7 Å². The summed E-state index contributed by atoms with van der Waals surface area (Å²) in [6, 6.07) is 15.1. The molecule has 3 rings (SSSR count). The Morgan fingerprint density at radius 3 is 2.39 bits per heavy atom. The van der Waals surface area contributed by atoms with E-state index >= 15 is 0 Å². The number of amides is 1. The maximum absolute atomic E-state index is 13.0. The first kappa shape index (κ1) is 22.4. The van der Waals surface area contributed by atoms with Gasteiger partial charge >= 0.3 is 5.97 Å². The third-order valence-corrected chi connectivity index (χ3v) is 5.41. The molecule has 0 aliphatic heterocycles. The van der Waals surface area contributed by atoms with Gasteiger partial charge in [-0.3, -0.25) is 4.79 Å². The van der Waals surface area contributed by atoms with Crippen molar-refractivity contribution < 1.29 is 23.8 Å². The standard InChI is InChI=1S/C25H29NO5/c1-29-22-15-9-10-19(25(22)30-2)16-17-24(28)31-18-23(27)26(20-11-5-3-6-12-20)21-13-7-4-8-14-21/h3,5-6,9-12,15-17,21H,4,7-8,13-14,18H2,1-2H3/b17-16+. The van der Waals surface area contributed by atoms with Gasteiger partial charge in [0.2, 0.25) is 0 Å². The molecule has 0 bridgehead atoms. The molecule has 0 saturated heterocycles. The van der Waals surface area contributed by atoms with Crippen molar-refractivity contribution in [3.8, 4) is 11.5 Å². The number of methoxy groups -OCH3 is 2. The van der Waals surface area contributed by atoms with E-state index in [1.54, 1.807) is 36.3 Å². The number of anilines is 1. The Bertz CT molecular complexity index is 903. The van der Waals surface area contributed by atoms with Crippen LogP contribution in [0.15, 0.2) is 54.6 Å². The van der Waals surface area contributed by atoms with Crippen molar-refractivity contribution in [2.24, 2.45) is 0 Å². The van der Waals surface area contributed by atoms with E-state index in [9.17, 15) is 9.59 Å². The molecule has 0 atom stereocenters. The summed E-state index contributed by atoms with van der Waals surface area (Å²) < 4.78 is 15.9. The predicted molar refractivity (Wildman–Crippen MR) is 120 cm³/mol. The van der Waals surface area contributed by atoms with E-state index in [4.69, 9.17) is 14.2 Å². The second-order valence-electron chi connectivity index (χ2n) is 7.41. The van der Waals surface area contributed by atoms with Gasteiger partial charge in [-0.15, -0.1) is 0 Å². The number of nitrogens with zero attached hydrogens (tertiary/aromatic N) is 1. The van der Waals surface area contributed by atoms with Gasteiger partial charge in [0.15, 0.2) is 18.1 Å². The lowest BCUT2D eigenvalue weighted by atomic mass is 9.93. The van der Waals surface area contributed by atoms with Crippen LogP contribution in [0.25, 0.3) is 6.08 Å². The second kappa shape index (κ2) is 11.2. The first-order valence-corrected chi connectivity index (χ1v) is 10.6. The lowest BCUT2D eigenvalue weighted by molar-refractivity contribution is -0.143. The highest BCUT2D eigenvalue weighted by Gasteiger charge is 2.27. The van der Waals surface area contributed by atoms with Crippen LogP contribution in [-0.4, -0.2) is 38.7 Å². The summed E-state index contributed by atoms with van der Waals surface area (Å²) in [4.78, 5) is 27.0. The molecule has 1 saturated carbocycles. The smallest absolute Gasteiger partial charge is 0.331 e. The highest BCUT2D eigenvalue weighted by molar-refractivity contribution is 5.97. The number of rotatable bonds is 8. The van der Waals surface area contributed by atoms with Crippen LogP contribution >= 0.6 is 0 Å². The molecule has 0 unspecified atom stereocenters. The van der Waals surface area contributed by atoms with Gasteiger partial charge in [0, 0.05) is 23.4 Å². The molecule has 0 N–H and O–H groups in total. The van der Waals surface area contributed by atoms with Crippen LogP contribution in [0.4, 0.5) is 5.69 Å². The molecule has 0 heterocycles. The van der Waals surface area contributed by atoms with Crippen molar-refractivity contribution in [1.29, 1.82) is 0 Å². The third-order valence-electron chi connectivity index (χ3n) is 5.41. The Hall–Kier alpha value is -3.28. The minimum atomic E-state index is -0.588. The molecule has 0 spiro atoms. The van der Waals surface area contributed by atoms with Gasteiger partial charge in [0.05, 0.1) is 14.2 Å². The number of para-hydroxylation sites is 2. The van der Waals surface area contributed by atoms with Crippen LogP contribution in [-0.2, 0) is 14.3 Å². The van der Waals surface area contributed by atoms with E-state index in [1.807, 2.05) is 30.3 Å². The Morgan fingerprint density at radius 2 is 1.71 bits per heavy atom. The molecule has 1 aliphatic carbocycles. The van der Waals surface area contributed by atoms with Crippen LogP contribution in [0.2, 0.25) is 0 Å². The maximum Gasteiger partial charge on any atom is 0.331 e. The first-order valence-electron chi connectivity index (χ1n) is 10.6. The lowest BCUT2D eigenvalue weighted by Gasteiger charge is -2.34. The van der Waals surface area contributed by atoms with E-state index in [-0.39, 0.29) is 18.6 Å². The number of carbonyl (C=O) groups excluding carboxylic acids is 2. The summed E-state index contributed by atoms with van der Waals surface area (Å²) in [5.41, 5.74) is 1.52. The minimum Gasteiger partial charge on any atom is -0.493 e. The fourth-order valence-electron chi connectivity index (χ4n) is 3.94. The van der Waals surface area contributed by atoms with Crippen LogP contribution in [0.3, 0.4) is 0 Å². The Labute approximate surface area is 183 Å². The molecule has 31 heavy (non-hydrogen) atoms. The fraction of sp³-hybridized carbons (Fsp3) is 0.360. The quantitative estimate of drug-likeness (QED) is 0.458. The normalized spacial score (nSPS) is 14.3. The number of hydrogen-bond donors (Lipinski definition) is 0. The van der Waals surface area contributed by atoms with Gasteiger partial charge in [-0.2, -0.15) is 0 Å². The van der Waals surface area contributed by atoms with E-state index in [0.29, 0.717) is 17.1 Å². The van der Waals surface area contributed by atoms with Crippen molar-refractivity contribution in [3.05, 3.63) is 60.2 Å². The third kappa shape index (κ3) is 5.87. The lowest BCUT2D eigenvalue weighted by Crippen LogP contribution is -2.43. The van der Waals surface area contributed by atoms with Crippen molar-refractivity contribution in [2.45, 2.75) is 38.1 Å². The van der Waals surface area contributed by atoms with Gasteiger partial charge in [0.1, 0.15) is 0 Å². The van der Waals surface area contributed by atoms with Gasteiger partial charge in [-0.1, -0.05) is 49.6 Å². The summed E-state index contributed by atoms with van der Waals surface area (Å²) in [7, 11) is 3.09. The predicted octanol–water partition coefficient (Wildman–Crippen LogP) is 4.63. The first-order chi connectivity index (χ1) is 15.1. The monoisotopic (exact) mass is 423 g/mol. The fourth-order valence-corrected chi connectivity index (χ4v) is 3.94. The molecule has 6 nitrogen and oxygen atoms in total. The van der Waals surface area contributed by atoms with E-state index in [2.05, 4.69) is 0 Å². The molecule has 6 heteroatoms. The summed E-state index contributed by atoms with van der Waals surface area (Å²) in [5.74, 6) is 0.297. The van der Waals surface area contributed by atoms with Crippen LogP contribution in [0.5, 0.6) is 11.5 Å². The topological polar surface area (TPSA) is 65.1 Å². The molecule has 0 radical (unpaired) electrons. The Balaban J connectivity index is 1.65. The Kier molecular flexibility index (Phi) is 8.10. The zero-order valence-electron chi connectivity index (χ0n) is 18.1. The molecule has 1 fully saturated rings. The van der Waals surface area contributed by atoms with E-state index in [0.717, 1.165) is 31.4 Å². The molecule has 1 aliphatic rings. The SMILES string of the molecule is COc1cccc(/C=C/C(=O)OCC(=O)N(c2ccccc2)C2CCCCC2)c1OC. The number of hydrogen-bond acceptors (Lipinski definition) is 5. The second-order valence-corrected chi connectivity index (χ2v) is 7.41. The summed E-state index contributed by atoms with van der Waals surface area (Å²) in [6.07, 6.45) is 8.20. The zero-order valence-corrected chi connectivity index (χ0v) is 18.1. The number of ether oxygens (including phenoxy) is 3. The number of benzene rings is 2. The van der Waals surface area contributed by atoms with Crippen molar-refractivity contribution >= 4 is 23.6 Å². The number of esters is 1. The maximum atomic E-state index is 13.0. The molecular formula is C25H29NO5. The van der Waals surface area contributed by atoms with Gasteiger partial charge < -0.3 is 19.1 Å². The minimum absolute atomic E-state index is 0.138. The molecular weight excluding hydrogens is 394 g/mol. The van der Waals surface area contributed by atoms with Gasteiger partial charge in [-0.25, -0.2) is 4.79 Å². The Morgan fingerprint density at radius 1 is 0.968 bits per heavy atom.